The lowest BCUT2D eigenvalue weighted by molar-refractivity contribution is 1.27. The van der Waals surface area contributed by atoms with Crippen molar-refractivity contribution < 1.29 is 0 Å². The van der Waals surface area contributed by atoms with E-state index in [9.17, 15) is 0 Å². The highest BCUT2D eigenvalue weighted by Gasteiger charge is 2.04. The van der Waals surface area contributed by atoms with Crippen molar-refractivity contribution in [2.24, 2.45) is 4.99 Å². The van der Waals surface area contributed by atoms with Gasteiger partial charge in [-0.15, -0.1) is 0 Å². The molecule has 0 bridgehead atoms. The third-order valence-corrected chi connectivity index (χ3v) is 1.74. The number of aliphatic imine (C=N–C) groups is 1. The van der Waals surface area contributed by atoms with Crippen LogP contribution >= 0.6 is 0 Å². The summed E-state index contributed by atoms with van der Waals surface area (Å²) in [5.74, 6) is 0.785. The molecule has 1 heterocycles. The van der Waals surface area contributed by atoms with E-state index >= 15 is 0 Å². The fourth-order valence-electron chi connectivity index (χ4n) is 1.14. The number of hydrogen-bond donors (Lipinski definition) is 1. The van der Waals surface area contributed by atoms with E-state index in [-0.39, 0.29) is 0 Å². The van der Waals surface area contributed by atoms with Crippen LogP contribution in [0.5, 0.6) is 0 Å². The maximum absolute atomic E-state index is 4.17. The molecule has 3 nitrogen and oxygen atoms in total. The van der Waals surface area contributed by atoms with Crippen molar-refractivity contribution in [2.75, 3.05) is 12.4 Å². The average molecular weight is 187 g/mol. The van der Waals surface area contributed by atoms with E-state index in [1.807, 2.05) is 19.2 Å². The van der Waals surface area contributed by atoms with Gasteiger partial charge in [-0.05, 0) is 18.2 Å². The molecule has 0 saturated carbocycles. The highest BCUT2D eigenvalue weighted by atomic mass is 15.0. The first-order valence-corrected chi connectivity index (χ1v) is 4.27. The summed E-state index contributed by atoms with van der Waals surface area (Å²) in [6.45, 7) is 7.25. The van der Waals surface area contributed by atoms with Crippen LogP contribution in [0, 0.1) is 0 Å². The molecule has 72 valence electrons. The largest absolute Gasteiger partial charge is 0.373 e. The summed E-state index contributed by atoms with van der Waals surface area (Å²) in [5.41, 5.74) is 1.68. The van der Waals surface area contributed by atoms with Crippen LogP contribution in [0.3, 0.4) is 0 Å². The van der Waals surface area contributed by atoms with E-state index in [0.717, 1.165) is 17.1 Å². The lowest BCUT2D eigenvalue weighted by Crippen LogP contribution is -2.03. The van der Waals surface area contributed by atoms with Crippen LogP contribution in [0.2, 0.25) is 0 Å². The van der Waals surface area contributed by atoms with Crippen LogP contribution < -0.4 is 5.32 Å². The number of hydrogen-bond acceptors (Lipinski definition) is 3. The van der Waals surface area contributed by atoms with Crippen molar-refractivity contribution >= 4 is 11.5 Å². The van der Waals surface area contributed by atoms with Crippen LogP contribution in [0.25, 0.3) is 0 Å². The van der Waals surface area contributed by atoms with Gasteiger partial charge in [0.05, 0.1) is 5.71 Å². The SMILES string of the molecule is C=CN=C(C=C)c1cccnc1NC. The summed E-state index contributed by atoms with van der Waals surface area (Å²) in [7, 11) is 1.82. The first kappa shape index (κ1) is 10.2. The van der Waals surface area contributed by atoms with Crippen LogP contribution in [0.4, 0.5) is 5.82 Å². The lowest BCUT2D eigenvalue weighted by atomic mass is 10.1. The molecule has 0 unspecified atom stereocenters. The Bertz CT molecular complexity index is 367. The Morgan fingerprint density at radius 3 is 2.93 bits per heavy atom. The summed E-state index contributed by atoms with van der Waals surface area (Å²) >= 11 is 0. The second-order valence-electron chi connectivity index (χ2n) is 2.55. The Labute approximate surface area is 83.9 Å². The molecule has 0 atom stereocenters. The molecule has 1 rings (SSSR count). The highest BCUT2D eigenvalue weighted by Crippen LogP contribution is 2.12. The third kappa shape index (κ3) is 2.07. The van der Waals surface area contributed by atoms with Crippen molar-refractivity contribution in [2.45, 2.75) is 0 Å². The molecule has 0 aromatic carbocycles. The standard InChI is InChI=1S/C11H13N3/c1-4-10(13-5-2)9-7-6-8-14-11(9)12-3/h4-8H,1-2H2,3H3,(H,12,14). The Morgan fingerprint density at radius 1 is 1.57 bits per heavy atom. The molecule has 0 aliphatic rings. The van der Waals surface area contributed by atoms with Crippen molar-refractivity contribution in [1.29, 1.82) is 0 Å². The third-order valence-electron chi connectivity index (χ3n) is 1.74. The maximum atomic E-state index is 4.17. The Hall–Kier alpha value is -1.90. The number of allylic oxidation sites excluding steroid dienone is 1. The zero-order chi connectivity index (χ0) is 10.4. The number of anilines is 1. The molecule has 3 heteroatoms. The molecular formula is C11H13N3. The molecule has 0 radical (unpaired) electrons. The zero-order valence-corrected chi connectivity index (χ0v) is 8.20. The Balaban J connectivity index is 3.21. The second kappa shape index (κ2) is 4.97. The predicted octanol–water partition coefficient (Wildman–Crippen LogP) is 2.24. The molecule has 0 aliphatic heterocycles. The monoisotopic (exact) mass is 187 g/mol. The van der Waals surface area contributed by atoms with Crippen LogP contribution in [-0.2, 0) is 0 Å². The number of nitrogens with one attached hydrogen (secondary N) is 1. The van der Waals surface area contributed by atoms with Gasteiger partial charge in [-0.2, -0.15) is 0 Å². The fourth-order valence-corrected chi connectivity index (χ4v) is 1.14. The maximum Gasteiger partial charge on any atom is 0.135 e. The molecule has 0 saturated heterocycles. The van der Waals surface area contributed by atoms with Gasteiger partial charge in [0.15, 0.2) is 0 Å². The van der Waals surface area contributed by atoms with Crippen LogP contribution in [-0.4, -0.2) is 17.7 Å². The van der Waals surface area contributed by atoms with E-state index in [1.54, 1.807) is 12.3 Å². The lowest BCUT2D eigenvalue weighted by Gasteiger charge is -2.06. The van der Waals surface area contributed by atoms with Crippen molar-refractivity contribution in [3.8, 4) is 0 Å². The van der Waals surface area contributed by atoms with Gasteiger partial charge >= 0.3 is 0 Å². The topological polar surface area (TPSA) is 37.3 Å². The molecule has 0 amide bonds. The van der Waals surface area contributed by atoms with Crippen molar-refractivity contribution in [1.82, 2.24) is 4.98 Å². The highest BCUT2D eigenvalue weighted by molar-refractivity contribution is 6.11. The summed E-state index contributed by atoms with van der Waals surface area (Å²) in [6.07, 6.45) is 4.90. The van der Waals surface area contributed by atoms with E-state index < -0.39 is 0 Å². The first-order valence-electron chi connectivity index (χ1n) is 4.27. The van der Waals surface area contributed by atoms with Crippen LogP contribution in [0.1, 0.15) is 5.56 Å². The fraction of sp³-hybridized carbons (Fsp3) is 0.0909. The van der Waals surface area contributed by atoms with Gasteiger partial charge in [0.1, 0.15) is 5.82 Å². The van der Waals surface area contributed by atoms with Crippen molar-refractivity contribution in [3.05, 3.63) is 49.3 Å². The number of aromatic nitrogens is 1. The van der Waals surface area contributed by atoms with E-state index in [4.69, 9.17) is 0 Å². The second-order valence-corrected chi connectivity index (χ2v) is 2.55. The minimum atomic E-state index is 0.762. The molecule has 1 N–H and O–H groups in total. The van der Waals surface area contributed by atoms with Gasteiger partial charge in [0, 0.05) is 25.0 Å². The first-order chi connectivity index (χ1) is 6.83. The van der Waals surface area contributed by atoms with Gasteiger partial charge in [0.25, 0.3) is 0 Å². The molecule has 14 heavy (non-hydrogen) atoms. The quantitative estimate of drug-likeness (QED) is 0.734. The van der Waals surface area contributed by atoms with Gasteiger partial charge in [-0.3, -0.25) is 4.99 Å². The summed E-state index contributed by atoms with van der Waals surface area (Å²) < 4.78 is 0. The Morgan fingerprint density at radius 2 is 2.36 bits per heavy atom. The predicted molar refractivity (Wildman–Crippen MR) is 60.7 cm³/mol. The minimum absolute atomic E-state index is 0.762. The van der Waals surface area contributed by atoms with E-state index in [1.165, 1.54) is 6.20 Å². The molecule has 0 spiro atoms. The van der Waals surface area contributed by atoms with Gasteiger partial charge in [0.2, 0.25) is 0 Å². The van der Waals surface area contributed by atoms with E-state index in [2.05, 4.69) is 28.5 Å². The minimum Gasteiger partial charge on any atom is -0.373 e. The number of nitrogens with zero attached hydrogens (tertiary/aromatic N) is 2. The van der Waals surface area contributed by atoms with Gasteiger partial charge in [-0.25, -0.2) is 4.98 Å². The summed E-state index contributed by atoms with van der Waals surface area (Å²) in [4.78, 5) is 8.28. The molecule has 1 aromatic heterocycles. The summed E-state index contributed by atoms with van der Waals surface area (Å²) in [5, 5.41) is 2.99. The number of pyridine rings is 1. The average Bonchev–Trinajstić information content (AvgIpc) is 2.26. The van der Waals surface area contributed by atoms with Gasteiger partial charge in [-0.1, -0.05) is 13.2 Å². The van der Waals surface area contributed by atoms with Crippen LogP contribution in [0.15, 0.2) is 48.8 Å². The molecule has 0 fully saturated rings. The smallest absolute Gasteiger partial charge is 0.135 e. The summed E-state index contributed by atoms with van der Waals surface area (Å²) in [6, 6.07) is 3.79. The van der Waals surface area contributed by atoms with Crippen molar-refractivity contribution in [3.63, 3.8) is 0 Å². The molecular weight excluding hydrogens is 174 g/mol. The molecule has 1 aromatic rings. The zero-order valence-electron chi connectivity index (χ0n) is 8.20. The van der Waals surface area contributed by atoms with E-state index in [0.29, 0.717) is 0 Å². The van der Waals surface area contributed by atoms with Gasteiger partial charge < -0.3 is 5.32 Å². The number of rotatable bonds is 4. The molecule has 0 aliphatic carbocycles. The Kier molecular flexibility index (Phi) is 3.61. The normalized spacial score (nSPS) is 10.8.